The number of carboxylic acid groups (broad SMARTS) is 1. The Kier molecular flexibility index (Phi) is 3.96. The predicted molar refractivity (Wildman–Crippen MR) is 99.2 cm³/mol. The topological polar surface area (TPSA) is 114 Å². The van der Waals surface area contributed by atoms with E-state index in [1.807, 2.05) is 19.4 Å². The molecule has 0 aliphatic rings. The maximum atomic E-state index is 12.7. The van der Waals surface area contributed by atoms with Crippen LogP contribution in [0.1, 0.15) is 26.4 Å². The Morgan fingerprint density at radius 3 is 2.67 bits per heavy atom. The lowest BCUT2D eigenvalue weighted by atomic mass is 10.2. The Balaban J connectivity index is 1.64. The summed E-state index contributed by atoms with van der Waals surface area (Å²) < 4.78 is 3.34. The highest BCUT2D eigenvalue weighted by Crippen LogP contribution is 2.30. The van der Waals surface area contributed by atoms with Gasteiger partial charge < -0.3 is 10.4 Å². The number of carbonyl (C=O) groups excluding carboxylic acids is 1. The van der Waals surface area contributed by atoms with Crippen molar-refractivity contribution in [2.24, 2.45) is 7.05 Å². The van der Waals surface area contributed by atoms with Gasteiger partial charge in [0.1, 0.15) is 4.83 Å². The summed E-state index contributed by atoms with van der Waals surface area (Å²) in [4.78, 5) is 29.5. The van der Waals surface area contributed by atoms with Gasteiger partial charge in [-0.2, -0.15) is 10.2 Å². The number of aryl methyl sites for hydroxylation is 2. The van der Waals surface area contributed by atoms with Gasteiger partial charge in [-0.25, -0.2) is 9.31 Å². The fraction of sp³-hybridized carbons (Fsp3) is 0.118. The highest BCUT2D eigenvalue weighted by Gasteiger charge is 2.18. The van der Waals surface area contributed by atoms with Crippen LogP contribution in [-0.4, -0.2) is 41.4 Å². The highest BCUT2D eigenvalue weighted by atomic mass is 32.1. The van der Waals surface area contributed by atoms with Gasteiger partial charge in [-0.15, -0.1) is 11.3 Å². The predicted octanol–water partition coefficient (Wildman–Crippen LogP) is 2.45. The smallest absolute Gasteiger partial charge is 0.337 e. The molecule has 4 rings (SSSR count). The van der Waals surface area contributed by atoms with Crippen molar-refractivity contribution in [1.82, 2.24) is 24.4 Å². The van der Waals surface area contributed by atoms with Crippen LogP contribution in [0.4, 0.5) is 5.69 Å². The fourth-order valence-corrected chi connectivity index (χ4v) is 3.67. The summed E-state index contributed by atoms with van der Waals surface area (Å²) in [7, 11) is 1.84. The van der Waals surface area contributed by atoms with E-state index in [0.717, 1.165) is 10.4 Å². The fourth-order valence-electron chi connectivity index (χ4n) is 2.64. The molecule has 0 saturated carbocycles. The Morgan fingerprint density at radius 2 is 1.96 bits per heavy atom. The molecule has 27 heavy (non-hydrogen) atoms. The summed E-state index contributed by atoms with van der Waals surface area (Å²) in [6.07, 6.45) is 8.38. The average molecular weight is 382 g/mol. The highest BCUT2D eigenvalue weighted by molar-refractivity contribution is 7.21. The Hall–Kier alpha value is -3.53. The molecule has 0 unspecified atom stereocenters. The van der Waals surface area contributed by atoms with E-state index >= 15 is 0 Å². The Morgan fingerprint density at radius 1 is 1.15 bits per heavy atom. The molecule has 0 fully saturated rings. The van der Waals surface area contributed by atoms with Crippen molar-refractivity contribution in [2.45, 2.75) is 6.92 Å². The molecule has 0 bridgehead atoms. The van der Waals surface area contributed by atoms with Crippen LogP contribution in [0.5, 0.6) is 0 Å². The van der Waals surface area contributed by atoms with Crippen LogP contribution in [0.25, 0.3) is 15.3 Å². The SMILES string of the molecule is Cc1ncc(NC(=O)c2cnn3cc(-c4cnn(C)c4)sc23)cc1C(=O)O. The van der Waals surface area contributed by atoms with Gasteiger partial charge in [0.2, 0.25) is 0 Å². The molecular formula is C17H14N6O3S. The number of hydrogen-bond acceptors (Lipinski definition) is 6. The van der Waals surface area contributed by atoms with Crippen LogP contribution in [-0.2, 0) is 7.05 Å². The van der Waals surface area contributed by atoms with E-state index in [4.69, 9.17) is 0 Å². The molecule has 0 atom stereocenters. The number of pyridine rings is 1. The maximum Gasteiger partial charge on any atom is 0.337 e. The van der Waals surface area contributed by atoms with E-state index in [1.165, 1.54) is 29.8 Å². The van der Waals surface area contributed by atoms with Gasteiger partial charge in [-0.1, -0.05) is 0 Å². The summed E-state index contributed by atoms with van der Waals surface area (Å²) in [5, 5.41) is 20.2. The number of thiazole rings is 1. The molecule has 0 aliphatic heterocycles. The molecule has 0 radical (unpaired) electrons. The second-order valence-electron chi connectivity index (χ2n) is 5.92. The van der Waals surface area contributed by atoms with Crippen molar-refractivity contribution in [1.29, 1.82) is 0 Å². The normalized spacial score (nSPS) is 11.0. The Labute approximate surface area is 156 Å². The number of carboxylic acids is 1. The molecule has 1 amide bonds. The third-order valence-corrected chi connectivity index (χ3v) is 5.17. The minimum absolute atomic E-state index is 0.0444. The molecule has 10 heteroatoms. The molecule has 136 valence electrons. The third kappa shape index (κ3) is 3.06. The number of fused-ring (bicyclic) bond motifs is 1. The quantitative estimate of drug-likeness (QED) is 0.560. The van der Waals surface area contributed by atoms with Crippen molar-refractivity contribution in [3.8, 4) is 10.4 Å². The molecule has 4 aromatic heterocycles. The number of amides is 1. The van der Waals surface area contributed by atoms with Crippen LogP contribution in [0.3, 0.4) is 0 Å². The van der Waals surface area contributed by atoms with E-state index in [9.17, 15) is 14.7 Å². The molecule has 4 aromatic rings. The van der Waals surface area contributed by atoms with E-state index in [1.54, 1.807) is 22.3 Å². The van der Waals surface area contributed by atoms with E-state index in [2.05, 4.69) is 20.5 Å². The summed E-state index contributed by atoms with van der Waals surface area (Å²) in [6.45, 7) is 1.60. The monoisotopic (exact) mass is 382 g/mol. The van der Waals surface area contributed by atoms with E-state index in [-0.39, 0.29) is 11.5 Å². The molecule has 9 nitrogen and oxygen atoms in total. The van der Waals surface area contributed by atoms with Gasteiger partial charge in [-0.05, 0) is 13.0 Å². The van der Waals surface area contributed by atoms with Gasteiger partial charge in [0.15, 0.2) is 0 Å². The number of aromatic nitrogens is 5. The lowest BCUT2D eigenvalue weighted by Gasteiger charge is -2.06. The Bertz CT molecular complexity index is 1190. The molecule has 0 aromatic carbocycles. The third-order valence-electron chi connectivity index (χ3n) is 4.01. The number of anilines is 1. The number of nitrogens with zero attached hydrogens (tertiary/aromatic N) is 5. The lowest BCUT2D eigenvalue weighted by Crippen LogP contribution is -2.13. The zero-order valence-electron chi connectivity index (χ0n) is 14.4. The van der Waals surface area contributed by atoms with Gasteiger partial charge in [0, 0.05) is 25.0 Å². The largest absolute Gasteiger partial charge is 0.478 e. The first-order chi connectivity index (χ1) is 12.9. The van der Waals surface area contributed by atoms with Crippen LogP contribution in [0.2, 0.25) is 0 Å². The molecule has 0 aliphatic carbocycles. The van der Waals surface area contributed by atoms with Crippen LogP contribution in [0, 0.1) is 6.92 Å². The van der Waals surface area contributed by atoms with Gasteiger partial charge in [-0.3, -0.25) is 14.5 Å². The maximum absolute atomic E-state index is 12.7. The zero-order valence-corrected chi connectivity index (χ0v) is 15.2. The minimum atomic E-state index is -1.09. The summed E-state index contributed by atoms with van der Waals surface area (Å²) in [5.74, 6) is -1.48. The number of hydrogen-bond donors (Lipinski definition) is 2. The second-order valence-corrected chi connectivity index (χ2v) is 6.95. The molecule has 2 N–H and O–H groups in total. The molecule has 0 saturated heterocycles. The van der Waals surface area contributed by atoms with Gasteiger partial charge in [0.25, 0.3) is 5.91 Å². The number of nitrogens with one attached hydrogen (secondary N) is 1. The first-order valence-corrected chi connectivity index (χ1v) is 8.71. The summed E-state index contributed by atoms with van der Waals surface area (Å²) in [5.41, 5.74) is 2.07. The molecule has 4 heterocycles. The zero-order chi connectivity index (χ0) is 19.1. The van der Waals surface area contributed by atoms with Crippen LogP contribution in [0.15, 0.2) is 37.1 Å². The minimum Gasteiger partial charge on any atom is -0.478 e. The first-order valence-electron chi connectivity index (χ1n) is 7.90. The second kappa shape index (κ2) is 6.32. The van der Waals surface area contributed by atoms with Crippen molar-refractivity contribution < 1.29 is 14.7 Å². The average Bonchev–Trinajstić information content (AvgIpc) is 3.31. The first kappa shape index (κ1) is 16.9. The van der Waals surface area contributed by atoms with Crippen molar-refractivity contribution in [3.05, 3.63) is 53.9 Å². The molecular weight excluding hydrogens is 368 g/mol. The summed E-state index contributed by atoms with van der Waals surface area (Å²) in [6, 6.07) is 1.39. The lowest BCUT2D eigenvalue weighted by molar-refractivity contribution is 0.0695. The van der Waals surface area contributed by atoms with Gasteiger partial charge in [0.05, 0.1) is 46.0 Å². The molecule has 0 spiro atoms. The van der Waals surface area contributed by atoms with Crippen LogP contribution < -0.4 is 5.32 Å². The standard InChI is InChI=1S/C17H14N6O3S/c1-9-12(17(25)26)3-11(5-18-9)21-15(24)13-6-20-23-8-14(27-16(13)23)10-4-19-22(2)7-10/h3-8H,1-2H3,(H,21,24)(H,25,26). The number of aromatic carboxylic acids is 1. The van der Waals surface area contributed by atoms with Gasteiger partial charge >= 0.3 is 5.97 Å². The van der Waals surface area contributed by atoms with Crippen molar-refractivity contribution >= 4 is 33.7 Å². The number of rotatable bonds is 4. The van der Waals surface area contributed by atoms with E-state index < -0.39 is 5.97 Å². The number of carbonyl (C=O) groups is 2. The van der Waals surface area contributed by atoms with Crippen LogP contribution >= 0.6 is 11.3 Å². The van der Waals surface area contributed by atoms with E-state index in [0.29, 0.717) is 21.8 Å². The van der Waals surface area contributed by atoms with Crippen molar-refractivity contribution in [2.75, 3.05) is 5.32 Å². The van der Waals surface area contributed by atoms with Crippen molar-refractivity contribution in [3.63, 3.8) is 0 Å². The summed E-state index contributed by atoms with van der Waals surface area (Å²) >= 11 is 1.42.